The van der Waals surface area contributed by atoms with Crippen LogP contribution in [0.5, 0.6) is 11.5 Å². The number of fused-ring (bicyclic) bond motifs is 2. The summed E-state index contributed by atoms with van der Waals surface area (Å²) in [4.78, 5) is 12.6. The fourth-order valence-corrected chi connectivity index (χ4v) is 5.11. The Bertz CT molecular complexity index is 989. The van der Waals surface area contributed by atoms with Crippen molar-refractivity contribution in [3.63, 3.8) is 0 Å². The van der Waals surface area contributed by atoms with E-state index in [1.807, 2.05) is 12.1 Å². The molecule has 2 aromatic carbocycles. The monoisotopic (exact) mass is 388 g/mol. The Morgan fingerprint density at radius 1 is 1.15 bits per heavy atom. The first-order chi connectivity index (χ1) is 13.0. The van der Waals surface area contributed by atoms with Gasteiger partial charge in [-0.2, -0.15) is 0 Å². The Morgan fingerprint density at radius 3 is 2.67 bits per heavy atom. The number of hydrogen-bond donors (Lipinski definition) is 1. The Kier molecular flexibility index (Phi) is 4.43. The number of nitrogens with one attached hydrogen (secondary N) is 1. The topological polar surface area (TPSA) is 84.9 Å². The van der Waals surface area contributed by atoms with E-state index in [2.05, 4.69) is 5.32 Å². The third-order valence-corrected chi connectivity index (χ3v) is 6.47. The zero-order chi connectivity index (χ0) is 19.0. The molecule has 0 saturated carbocycles. The Hall–Kier alpha value is -2.74. The third-order valence-electron chi connectivity index (χ3n) is 4.65. The smallest absolute Gasteiger partial charge is 0.265 e. The van der Waals surface area contributed by atoms with Crippen LogP contribution in [0.25, 0.3) is 0 Å². The van der Waals surface area contributed by atoms with Crippen LogP contribution in [-0.4, -0.2) is 40.1 Å². The molecule has 0 saturated heterocycles. The van der Waals surface area contributed by atoms with Gasteiger partial charge in [0.15, 0.2) is 11.5 Å². The first-order valence-corrected chi connectivity index (χ1v) is 10.3. The number of anilines is 1. The Balaban J connectivity index is 1.79. The molecule has 0 bridgehead atoms. The molecule has 2 aliphatic heterocycles. The van der Waals surface area contributed by atoms with Gasteiger partial charge in [-0.1, -0.05) is 18.2 Å². The minimum absolute atomic E-state index is 0.0674. The van der Waals surface area contributed by atoms with Gasteiger partial charge in [0.05, 0.1) is 10.6 Å². The van der Waals surface area contributed by atoms with E-state index in [0.717, 1.165) is 5.56 Å². The molecule has 142 valence electrons. The van der Waals surface area contributed by atoms with E-state index in [0.29, 0.717) is 43.4 Å². The van der Waals surface area contributed by atoms with E-state index < -0.39 is 16.1 Å². The van der Waals surface area contributed by atoms with Crippen molar-refractivity contribution in [2.75, 3.05) is 24.1 Å². The molecule has 8 heteroatoms. The summed E-state index contributed by atoms with van der Waals surface area (Å²) in [5, 5.41) is 2.74. The van der Waals surface area contributed by atoms with Crippen molar-refractivity contribution in [2.45, 2.75) is 24.3 Å². The van der Waals surface area contributed by atoms with E-state index in [-0.39, 0.29) is 10.8 Å². The minimum Gasteiger partial charge on any atom is -0.486 e. The van der Waals surface area contributed by atoms with Crippen LogP contribution in [0.2, 0.25) is 0 Å². The van der Waals surface area contributed by atoms with Crippen LogP contribution in [0.4, 0.5) is 5.69 Å². The van der Waals surface area contributed by atoms with Gasteiger partial charge >= 0.3 is 0 Å². The van der Waals surface area contributed by atoms with Gasteiger partial charge in [0.2, 0.25) is 5.91 Å². The molecular formula is C19H20N2O5S. The molecule has 1 atom stereocenters. The molecule has 0 fully saturated rings. The van der Waals surface area contributed by atoms with Crippen LogP contribution in [-0.2, 0) is 21.2 Å². The minimum atomic E-state index is -3.96. The fourth-order valence-electron chi connectivity index (χ4n) is 3.44. The van der Waals surface area contributed by atoms with Crippen molar-refractivity contribution >= 4 is 21.6 Å². The number of amides is 1. The van der Waals surface area contributed by atoms with Crippen molar-refractivity contribution in [1.82, 2.24) is 5.32 Å². The largest absolute Gasteiger partial charge is 0.486 e. The SMILES string of the molecule is CCNC(=O)C1Cc2ccccc2N1S(=O)(=O)c1ccc2c(c1)OCCO2. The molecule has 0 spiro atoms. The summed E-state index contributed by atoms with van der Waals surface area (Å²) >= 11 is 0. The normalized spacial score (nSPS) is 18.1. The number of sulfonamides is 1. The third kappa shape index (κ3) is 2.99. The molecule has 1 unspecified atom stereocenters. The van der Waals surface area contributed by atoms with Crippen molar-refractivity contribution in [3.8, 4) is 11.5 Å². The zero-order valence-corrected chi connectivity index (χ0v) is 15.7. The van der Waals surface area contributed by atoms with Gasteiger partial charge in [-0.05, 0) is 30.7 Å². The van der Waals surface area contributed by atoms with Crippen molar-refractivity contribution in [2.24, 2.45) is 0 Å². The molecular weight excluding hydrogens is 368 g/mol. The number of nitrogens with zero attached hydrogens (tertiary/aromatic N) is 1. The average Bonchev–Trinajstić information content (AvgIpc) is 3.08. The fraction of sp³-hybridized carbons (Fsp3) is 0.316. The standard InChI is InChI=1S/C19H20N2O5S/c1-2-20-19(22)16-11-13-5-3-4-6-15(13)21(16)27(23,24)14-7-8-17-18(12-14)26-10-9-25-17/h3-8,12,16H,2,9-11H2,1H3,(H,20,22). The molecule has 27 heavy (non-hydrogen) atoms. The van der Waals surface area contributed by atoms with Gasteiger partial charge < -0.3 is 14.8 Å². The number of carbonyl (C=O) groups is 1. The molecule has 2 heterocycles. The van der Waals surface area contributed by atoms with Gasteiger partial charge in [0.25, 0.3) is 10.0 Å². The van der Waals surface area contributed by atoms with Gasteiger partial charge in [-0.15, -0.1) is 0 Å². The molecule has 0 aliphatic carbocycles. The number of carbonyl (C=O) groups excluding carboxylic acids is 1. The van der Waals surface area contributed by atoms with Crippen molar-refractivity contribution in [3.05, 3.63) is 48.0 Å². The van der Waals surface area contributed by atoms with Gasteiger partial charge in [0, 0.05) is 19.0 Å². The molecule has 0 radical (unpaired) electrons. The second-order valence-corrected chi connectivity index (χ2v) is 8.16. The zero-order valence-electron chi connectivity index (χ0n) is 14.8. The lowest BCUT2D eigenvalue weighted by Gasteiger charge is -2.27. The van der Waals surface area contributed by atoms with Crippen LogP contribution < -0.4 is 19.1 Å². The van der Waals surface area contributed by atoms with E-state index >= 15 is 0 Å². The van der Waals surface area contributed by atoms with Crippen molar-refractivity contribution < 1.29 is 22.7 Å². The molecule has 7 nitrogen and oxygen atoms in total. The highest BCUT2D eigenvalue weighted by Gasteiger charge is 2.42. The maximum Gasteiger partial charge on any atom is 0.265 e. The summed E-state index contributed by atoms with van der Waals surface area (Å²) in [6.07, 6.45) is 0.339. The highest BCUT2D eigenvalue weighted by molar-refractivity contribution is 7.93. The molecule has 1 amide bonds. The lowest BCUT2D eigenvalue weighted by Crippen LogP contribution is -2.48. The number of rotatable bonds is 4. The lowest BCUT2D eigenvalue weighted by atomic mass is 10.1. The maximum atomic E-state index is 13.5. The van der Waals surface area contributed by atoms with Gasteiger partial charge in [-0.3, -0.25) is 9.10 Å². The maximum absolute atomic E-state index is 13.5. The van der Waals surface area contributed by atoms with Crippen LogP contribution in [0.15, 0.2) is 47.4 Å². The highest BCUT2D eigenvalue weighted by atomic mass is 32.2. The molecule has 4 rings (SSSR count). The molecule has 1 N–H and O–H groups in total. The predicted octanol–water partition coefficient (Wildman–Crippen LogP) is 1.71. The van der Waals surface area contributed by atoms with Gasteiger partial charge in [0.1, 0.15) is 19.3 Å². The van der Waals surface area contributed by atoms with E-state index in [1.165, 1.54) is 16.4 Å². The first kappa shape index (κ1) is 17.7. The molecule has 0 aromatic heterocycles. The van der Waals surface area contributed by atoms with Crippen LogP contribution >= 0.6 is 0 Å². The van der Waals surface area contributed by atoms with Crippen LogP contribution in [0, 0.1) is 0 Å². The highest BCUT2D eigenvalue weighted by Crippen LogP contribution is 2.39. The van der Waals surface area contributed by atoms with Gasteiger partial charge in [-0.25, -0.2) is 8.42 Å². The number of likely N-dealkylation sites (N-methyl/N-ethyl adjacent to an activating group) is 1. The number of para-hydroxylation sites is 1. The Morgan fingerprint density at radius 2 is 1.89 bits per heavy atom. The summed E-state index contributed by atoms with van der Waals surface area (Å²) in [5.41, 5.74) is 1.36. The number of ether oxygens (including phenoxy) is 2. The van der Waals surface area contributed by atoms with E-state index in [4.69, 9.17) is 9.47 Å². The second kappa shape index (κ2) is 6.77. The average molecular weight is 388 g/mol. The summed E-state index contributed by atoms with van der Waals surface area (Å²) < 4.78 is 39.1. The summed E-state index contributed by atoms with van der Waals surface area (Å²) in [6.45, 7) is 3.03. The van der Waals surface area contributed by atoms with E-state index in [1.54, 1.807) is 25.1 Å². The van der Waals surface area contributed by atoms with Crippen molar-refractivity contribution in [1.29, 1.82) is 0 Å². The van der Waals surface area contributed by atoms with E-state index in [9.17, 15) is 13.2 Å². The van der Waals surface area contributed by atoms with Crippen LogP contribution in [0.3, 0.4) is 0 Å². The quantitative estimate of drug-likeness (QED) is 0.862. The summed E-state index contributed by atoms with van der Waals surface area (Å²) in [6, 6.07) is 10.9. The first-order valence-electron chi connectivity index (χ1n) is 8.82. The number of hydrogen-bond acceptors (Lipinski definition) is 5. The number of benzene rings is 2. The van der Waals surface area contributed by atoms with Crippen LogP contribution in [0.1, 0.15) is 12.5 Å². The molecule has 2 aliphatic rings. The second-order valence-electron chi connectivity index (χ2n) is 6.35. The molecule has 2 aromatic rings. The summed E-state index contributed by atoms with van der Waals surface area (Å²) in [5.74, 6) is 0.599. The lowest BCUT2D eigenvalue weighted by molar-refractivity contribution is -0.121. The predicted molar refractivity (Wildman–Crippen MR) is 99.7 cm³/mol. The summed E-state index contributed by atoms with van der Waals surface area (Å²) in [7, 11) is -3.96. The Labute approximate surface area is 157 Å².